The molecular weight excluding hydrogens is 741 g/mol. The van der Waals surface area contributed by atoms with Gasteiger partial charge in [0.05, 0.1) is 17.0 Å². The van der Waals surface area contributed by atoms with E-state index in [1.807, 2.05) is 43.8 Å². The smallest absolute Gasteiger partial charge is 0.272 e. The van der Waals surface area contributed by atoms with Crippen molar-refractivity contribution in [3.8, 4) is 22.2 Å². The zero-order valence-electron chi connectivity index (χ0n) is 33.3. The second-order valence-corrected chi connectivity index (χ2v) is 17.6. The van der Waals surface area contributed by atoms with Gasteiger partial charge in [0.1, 0.15) is 40.9 Å². The molecule has 2 atom stereocenters. The summed E-state index contributed by atoms with van der Waals surface area (Å²) in [6.45, 7) is 12.2. The lowest BCUT2D eigenvalue weighted by Crippen LogP contribution is -2.54. The number of aromatic nitrogens is 5. The number of halogens is 2. The highest BCUT2D eigenvalue weighted by atomic mass is 32.1. The van der Waals surface area contributed by atoms with E-state index in [1.54, 1.807) is 20.2 Å². The number of thiazole rings is 1. The summed E-state index contributed by atoms with van der Waals surface area (Å²) in [5, 5.41) is 11.8. The van der Waals surface area contributed by atoms with E-state index >= 15 is 4.39 Å². The van der Waals surface area contributed by atoms with Crippen molar-refractivity contribution < 1.29 is 28.0 Å². The Hall–Kier alpha value is -4.99. The minimum Gasteiger partial charge on any atom is -0.357 e. The first-order valence-corrected chi connectivity index (χ1v) is 19.9. The number of benzene rings is 1. The van der Waals surface area contributed by atoms with Crippen LogP contribution >= 0.6 is 11.3 Å². The average Bonchev–Trinajstić information content (AvgIpc) is 3.88. The molecule has 0 aliphatic carbocycles. The largest absolute Gasteiger partial charge is 0.357 e. The summed E-state index contributed by atoms with van der Waals surface area (Å²) in [6.07, 6.45) is 6.74. The normalized spacial score (nSPS) is 15.3. The fraction of sp³-hybridized carbons (Fsp3) is 0.525. The van der Waals surface area contributed by atoms with E-state index in [0.717, 1.165) is 42.3 Å². The van der Waals surface area contributed by atoms with Gasteiger partial charge < -0.3 is 30.4 Å². The molecule has 2 unspecified atom stereocenters. The van der Waals surface area contributed by atoms with Gasteiger partial charge in [0.2, 0.25) is 11.8 Å². The summed E-state index contributed by atoms with van der Waals surface area (Å²) in [5.74, 6) is -2.28. The maximum Gasteiger partial charge on any atom is 0.272 e. The van der Waals surface area contributed by atoms with Crippen LogP contribution in [0.5, 0.6) is 0 Å². The molecule has 56 heavy (non-hydrogen) atoms. The molecule has 0 saturated heterocycles. The SMILES string of the molecule is CNC(=O)C(NC(=O)c1nc(-c2ncc(CC(C)(C)C(NC(=O)c3nc(-c4cc(C)c(F)cc4F)n4c3CCCC4)C(=O)NC)s2)n2c1CCCC2)C(C)(C)C. The Labute approximate surface area is 329 Å². The molecule has 2 aliphatic heterocycles. The Kier molecular flexibility index (Phi) is 11.5. The summed E-state index contributed by atoms with van der Waals surface area (Å²) in [4.78, 5) is 68.9. The number of nitrogens with zero attached hydrogens (tertiary/aromatic N) is 5. The maximum atomic E-state index is 15.1. The Morgan fingerprint density at radius 3 is 1.89 bits per heavy atom. The summed E-state index contributed by atoms with van der Waals surface area (Å²) in [7, 11) is 3.05. The lowest BCUT2D eigenvalue weighted by molar-refractivity contribution is -0.125. The zero-order valence-corrected chi connectivity index (χ0v) is 34.1. The molecule has 0 radical (unpaired) electrons. The summed E-state index contributed by atoms with van der Waals surface area (Å²) >= 11 is 1.40. The number of nitrogens with one attached hydrogen (secondary N) is 4. The third-order valence-corrected chi connectivity index (χ3v) is 11.7. The molecule has 4 aromatic rings. The molecule has 0 fully saturated rings. The van der Waals surface area contributed by atoms with Crippen molar-refractivity contribution in [1.82, 2.24) is 45.4 Å². The molecule has 3 aromatic heterocycles. The van der Waals surface area contributed by atoms with Crippen molar-refractivity contribution in [3.63, 3.8) is 0 Å². The van der Waals surface area contributed by atoms with Gasteiger partial charge >= 0.3 is 0 Å². The molecule has 4 amide bonds. The van der Waals surface area contributed by atoms with E-state index in [0.29, 0.717) is 48.9 Å². The first-order valence-electron chi connectivity index (χ1n) is 19.1. The van der Waals surface area contributed by atoms with Crippen molar-refractivity contribution in [2.24, 2.45) is 10.8 Å². The first kappa shape index (κ1) is 40.7. The van der Waals surface area contributed by atoms with Crippen LogP contribution in [0.1, 0.15) is 103 Å². The lowest BCUT2D eigenvalue weighted by Gasteiger charge is -2.33. The van der Waals surface area contributed by atoms with Crippen LogP contribution in [-0.4, -0.2) is 73.9 Å². The average molecular weight is 792 g/mol. The molecule has 1 aromatic carbocycles. The molecule has 6 rings (SSSR count). The summed E-state index contributed by atoms with van der Waals surface area (Å²) in [5.41, 5.74) is 0.836. The van der Waals surface area contributed by atoms with Crippen molar-refractivity contribution in [3.05, 3.63) is 63.2 Å². The van der Waals surface area contributed by atoms with Gasteiger partial charge in [-0.1, -0.05) is 34.6 Å². The number of rotatable bonds is 11. The number of imidazole rings is 2. The van der Waals surface area contributed by atoms with E-state index in [2.05, 4.69) is 26.3 Å². The topological polar surface area (TPSA) is 165 Å². The molecule has 0 saturated carbocycles. The number of hydrogen-bond donors (Lipinski definition) is 4. The standard InChI is InChI=1S/C40H51F2N9O4S/c1-21-17-23(25(42)18-24(21)41)32-46-28(26-13-9-11-15-50(26)32)35(53)49-31(37(55)44-8)40(5,6)19-22-20-45-38(56-22)33-47-29(27-14-10-12-16-51(27)33)34(52)48-30(36(54)43-7)39(2,3)4/h17-18,20,30-31H,9-16,19H2,1-8H3,(H,43,54)(H,44,55)(H,48,52)(H,49,53). The maximum absolute atomic E-state index is 15.1. The van der Waals surface area contributed by atoms with Crippen LogP contribution in [-0.2, 0) is 41.9 Å². The van der Waals surface area contributed by atoms with Crippen LogP contribution in [0.3, 0.4) is 0 Å². The molecular formula is C40H51F2N9O4S. The number of likely N-dealkylation sites (N-methyl/N-ethyl adjacent to an activating group) is 2. The third-order valence-electron chi connectivity index (χ3n) is 10.7. The summed E-state index contributed by atoms with van der Waals surface area (Å²) in [6, 6.07) is 0.472. The number of amides is 4. The van der Waals surface area contributed by atoms with E-state index in [-0.39, 0.29) is 34.2 Å². The molecule has 5 heterocycles. The van der Waals surface area contributed by atoms with Crippen LogP contribution in [0.2, 0.25) is 0 Å². The minimum absolute atomic E-state index is 0.110. The molecule has 16 heteroatoms. The number of aryl methyl sites for hydroxylation is 1. The second kappa shape index (κ2) is 15.9. The van der Waals surface area contributed by atoms with Crippen molar-refractivity contribution in [1.29, 1.82) is 0 Å². The van der Waals surface area contributed by atoms with Crippen molar-refractivity contribution in [2.75, 3.05) is 14.1 Å². The second-order valence-electron chi connectivity index (χ2n) is 16.5. The Morgan fingerprint density at radius 1 is 0.786 bits per heavy atom. The molecule has 300 valence electrons. The van der Waals surface area contributed by atoms with Gasteiger partial charge in [0.25, 0.3) is 11.8 Å². The highest BCUT2D eigenvalue weighted by Crippen LogP contribution is 2.36. The van der Waals surface area contributed by atoms with Gasteiger partial charge in [0.15, 0.2) is 10.8 Å². The monoisotopic (exact) mass is 791 g/mol. The van der Waals surface area contributed by atoms with Crippen LogP contribution in [0.4, 0.5) is 8.78 Å². The number of fused-ring (bicyclic) bond motifs is 2. The van der Waals surface area contributed by atoms with Gasteiger partial charge in [0, 0.05) is 44.3 Å². The molecule has 2 aliphatic rings. The van der Waals surface area contributed by atoms with Gasteiger partial charge in [-0.2, -0.15) is 0 Å². The van der Waals surface area contributed by atoms with E-state index in [1.165, 1.54) is 24.5 Å². The third kappa shape index (κ3) is 7.98. The highest BCUT2D eigenvalue weighted by molar-refractivity contribution is 7.14. The summed E-state index contributed by atoms with van der Waals surface area (Å²) < 4.78 is 33.1. The number of hydrogen-bond acceptors (Lipinski definition) is 8. The molecule has 4 N–H and O–H groups in total. The number of carbonyl (C=O) groups excluding carboxylic acids is 4. The fourth-order valence-electron chi connectivity index (χ4n) is 7.67. The Balaban J connectivity index is 1.26. The van der Waals surface area contributed by atoms with E-state index in [9.17, 15) is 23.6 Å². The molecule has 13 nitrogen and oxygen atoms in total. The Bertz CT molecular complexity index is 2180. The number of carbonyl (C=O) groups is 4. The Morgan fingerprint density at radius 2 is 1.32 bits per heavy atom. The molecule has 0 spiro atoms. The first-order chi connectivity index (χ1) is 26.4. The predicted molar refractivity (Wildman–Crippen MR) is 209 cm³/mol. The van der Waals surface area contributed by atoms with Crippen LogP contribution in [0.15, 0.2) is 18.3 Å². The van der Waals surface area contributed by atoms with Gasteiger partial charge in [-0.25, -0.2) is 23.7 Å². The van der Waals surface area contributed by atoms with Gasteiger partial charge in [-0.3, -0.25) is 19.2 Å². The van der Waals surface area contributed by atoms with Crippen LogP contribution in [0, 0.1) is 29.4 Å². The van der Waals surface area contributed by atoms with Gasteiger partial charge in [-0.05, 0) is 74.3 Å². The lowest BCUT2D eigenvalue weighted by atomic mass is 9.80. The zero-order chi connectivity index (χ0) is 40.7. The van der Waals surface area contributed by atoms with Crippen molar-refractivity contribution in [2.45, 2.75) is 112 Å². The van der Waals surface area contributed by atoms with Crippen LogP contribution in [0.25, 0.3) is 22.2 Å². The highest BCUT2D eigenvalue weighted by Gasteiger charge is 2.39. The fourth-order valence-corrected chi connectivity index (χ4v) is 8.82. The molecule has 0 bridgehead atoms. The van der Waals surface area contributed by atoms with E-state index in [4.69, 9.17) is 9.97 Å². The van der Waals surface area contributed by atoms with Gasteiger partial charge in [-0.15, -0.1) is 11.3 Å². The van der Waals surface area contributed by atoms with E-state index < -0.39 is 52.3 Å². The minimum atomic E-state index is -0.995. The van der Waals surface area contributed by atoms with Crippen molar-refractivity contribution >= 4 is 35.0 Å². The van der Waals surface area contributed by atoms with Crippen LogP contribution < -0.4 is 21.3 Å². The quantitative estimate of drug-likeness (QED) is 0.164. The predicted octanol–water partition coefficient (Wildman–Crippen LogP) is 5.13.